The molecule has 1 aliphatic rings. The molecule has 0 aromatic heterocycles. The quantitative estimate of drug-likeness (QED) is 0.785. The fraction of sp³-hybridized carbons (Fsp3) is 0.381. The number of carbonyl (C=O) groups excluding carboxylic acids is 1. The summed E-state index contributed by atoms with van der Waals surface area (Å²) in [6.45, 7) is 7.37. The molecule has 3 nitrogen and oxygen atoms in total. The van der Waals surface area contributed by atoms with E-state index in [4.69, 9.17) is 4.74 Å². The molecular formula is C21H25NO2. The molecule has 3 heteroatoms. The van der Waals surface area contributed by atoms with E-state index < -0.39 is 0 Å². The van der Waals surface area contributed by atoms with Crippen LogP contribution in [-0.2, 0) is 10.3 Å². The molecule has 1 aliphatic heterocycles. The Hall–Kier alpha value is -1.97. The summed E-state index contributed by atoms with van der Waals surface area (Å²) >= 11 is 0. The number of hydrogen-bond donors (Lipinski definition) is 0. The minimum absolute atomic E-state index is 0.152. The van der Waals surface area contributed by atoms with Crippen LogP contribution in [0, 0.1) is 5.92 Å². The number of benzene rings is 2. The van der Waals surface area contributed by atoms with Crippen molar-refractivity contribution in [2.24, 2.45) is 5.92 Å². The van der Waals surface area contributed by atoms with Gasteiger partial charge in [0.25, 0.3) is 0 Å². The van der Waals surface area contributed by atoms with Crippen molar-refractivity contribution in [2.45, 2.75) is 19.4 Å². The molecule has 2 atom stereocenters. The lowest BCUT2D eigenvalue weighted by Crippen LogP contribution is -2.54. The highest BCUT2D eigenvalue weighted by atomic mass is 16.5. The van der Waals surface area contributed by atoms with Crippen molar-refractivity contribution in [3.63, 3.8) is 0 Å². The number of Topliss-reactive ketones (excluding diaryl/α,β-unsaturated/α-hetero) is 1. The van der Waals surface area contributed by atoms with Crippen LogP contribution in [0.5, 0.6) is 0 Å². The van der Waals surface area contributed by atoms with Gasteiger partial charge in [-0.1, -0.05) is 67.6 Å². The molecule has 0 unspecified atom stereocenters. The summed E-state index contributed by atoms with van der Waals surface area (Å²) in [6.07, 6.45) is 0. The highest BCUT2D eigenvalue weighted by Gasteiger charge is 2.42. The van der Waals surface area contributed by atoms with Crippen LogP contribution >= 0.6 is 0 Å². The van der Waals surface area contributed by atoms with Gasteiger partial charge in [0.2, 0.25) is 0 Å². The fourth-order valence-corrected chi connectivity index (χ4v) is 3.62. The van der Waals surface area contributed by atoms with Crippen molar-refractivity contribution in [3.05, 3.63) is 71.8 Å². The minimum atomic E-state index is -0.349. The van der Waals surface area contributed by atoms with Gasteiger partial charge in [0.05, 0.1) is 18.8 Å². The van der Waals surface area contributed by atoms with Crippen LogP contribution in [-0.4, -0.2) is 37.0 Å². The molecule has 1 saturated heterocycles. The molecular weight excluding hydrogens is 298 g/mol. The maximum atomic E-state index is 13.1. The second kappa shape index (κ2) is 7.29. The number of carbonyl (C=O) groups is 1. The van der Waals surface area contributed by atoms with Crippen molar-refractivity contribution in [1.82, 2.24) is 4.90 Å². The summed E-state index contributed by atoms with van der Waals surface area (Å²) < 4.78 is 5.53. The normalized spacial score (nSPS) is 19.4. The summed E-state index contributed by atoms with van der Waals surface area (Å²) in [6, 6.07) is 20.0. The Labute approximate surface area is 144 Å². The van der Waals surface area contributed by atoms with Crippen molar-refractivity contribution in [1.29, 1.82) is 0 Å². The van der Waals surface area contributed by atoms with Crippen LogP contribution in [0.1, 0.15) is 29.8 Å². The highest BCUT2D eigenvalue weighted by molar-refractivity contribution is 5.98. The second-order valence-electron chi connectivity index (χ2n) is 6.56. The van der Waals surface area contributed by atoms with E-state index in [2.05, 4.69) is 30.9 Å². The summed E-state index contributed by atoms with van der Waals surface area (Å²) in [7, 11) is 0. The molecule has 2 aromatic rings. The van der Waals surface area contributed by atoms with E-state index in [-0.39, 0.29) is 17.2 Å². The molecule has 0 N–H and O–H groups in total. The van der Waals surface area contributed by atoms with E-state index >= 15 is 0 Å². The average molecular weight is 323 g/mol. The predicted octanol–water partition coefficient (Wildman–Crippen LogP) is 3.75. The van der Waals surface area contributed by atoms with Gasteiger partial charge in [-0.15, -0.1) is 0 Å². The Morgan fingerprint density at radius 2 is 1.54 bits per heavy atom. The lowest BCUT2D eigenvalue weighted by molar-refractivity contribution is -0.0350. The van der Waals surface area contributed by atoms with Crippen molar-refractivity contribution in [3.8, 4) is 0 Å². The largest absolute Gasteiger partial charge is 0.379 e. The molecule has 126 valence electrons. The first-order chi connectivity index (χ1) is 11.6. The molecule has 1 fully saturated rings. The molecule has 2 aromatic carbocycles. The predicted molar refractivity (Wildman–Crippen MR) is 96.1 cm³/mol. The van der Waals surface area contributed by atoms with Crippen LogP contribution < -0.4 is 0 Å². The van der Waals surface area contributed by atoms with Crippen LogP contribution in [0.4, 0.5) is 0 Å². The van der Waals surface area contributed by atoms with Gasteiger partial charge in [0.1, 0.15) is 0 Å². The molecule has 24 heavy (non-hydrogen) atoms. The molecule has 0 spiro atoms. The molecule has 3 rings (SSSR count). The molecule has 0 bridgehead atoms. The van der Waals surface area contributed by atoms with Gasteiger partial charge in [0.15, 0.2) is 5.78 Å². The minimum Gasteiger partial charge on any atom is -0.379 e. The first-order valence-electron chi connectivity index (χ1n) is 8.61. The summed E-state index contributed by atoms with van der Waals surface area (Å²) in [5.41, 5.74) is 1.61. The third-order valence-electron chi connectivity index (χ3n) is 5.32. The topological polar surface area (TPSA) is 29.5 Å². The first kappa shape index (κ1) is 16.9. The van der Waals surface area contributed by atoms with Gasteiger partial charge in [-0.05, 0) is 12.5 Å². The molecule has 1 heterocycles. The lowest BCUT2D eigenvalue weighted by atomic mass is 9.75. The maximum Gasteiger partial charge on any atom is 0.167 e. The number of hydrogen-bond acceptors (Lipinski definition) is 3. The third kappa shape index (κ3) is 3.14. The summed E-state index contributed by atoms with van der Waals surface area (Å²) in [5.74, 6) is 0.0360. The Morgan fingerprint density at radius 1 is 1.00 bits per heavy atom. The zero-order valence-corrected chi connectivity index (χ0v) is 14.4. The number of nitrogens with zero attached hydrogens (tertiary/aromatic N) is 1. The standard InChI is InChI=1S/C21H25NO2/c1-17(20(23)18-9-5-3-6-10-18)21(2,19-11-7-4-8-12-19)22-13-15-24-16-14-22/h3-12,17H,13-16H2,1-2H3/t17-,21-/m0/s1. The number of rotatable bonds is 5. The Balaban J connectivity index is 1.99. The van der Waals surface area contributed by atoms with Gasteiger partial charge in [-0.2, -0.15) is 0 Å². The van der Waals surface area contributed by atoms with E-state index in [1.165, 1.54) is 5.56 Å². The van der Waals surface area contributed by atoms with Gasteiger partial charge in [-0.25, -0.2) is 0 Å². The third-order valence-corrected chi connectivity index (χ3v) is 5.32. The lowest BCUT2D eigenvalue weighted by Gasteiger charge is -2.47. The van der Waals surface area contributed by atoms with Crippen molar-refractivity contribution < 1.29 is 9.53 Å². The molecule has 0 aliphatic carbocycles. The van der Waals surface area contributed by atoms with Crippen LogP contribution in [0.25, 0.3) is 0 Å². The van der Waals surface area contributed by atoms with Crippen molar-refractivity contribution >= 4 is 5.78 Å². The van der Waals surface area contributed by atoms with Crippen LogP contribution in [0.2, 0.25) is 0 Å². The number of ether oxygens (including phenoxy) is 1. The molecule has 0 amide bonds. The Kier molecular flexibility index (Phi) is 5.12. The van der Waals surface area contributed by atoms with E-state index in [0.29, 0.717) is 13.2 Å². The maximum absolute atomic E-state index is 13.1. The summed E-state index contributed by atoms with van der Waals surface area (Å²) in [5, 5.41) is 0. The van der Waals surface area contributed by atoms with Crippen molar-refractivity contribution in [2.75, 3.05) is 26.3 Å². The van der Waals surface area contributed by atoms with Gasteiger partial charge >= 0.3 is 0 Å². The van der Waals surface area contributed by atoms with Gasteiger partial charge < -0.3 is 4.74 Å². The smallest absolute Gasteiger partial charge is 0.167 e. The fourth-order valence-electron chi connectivity index (χ4n) is 3.62. The van der Waals surface area contributed by atoms with E-state index in [0.717, 1.165) is 18.7 Å². The monoisotopic (exact) mass is 323 g/mol. The molecule has 0 saturated carbocycles. The average Bonchev–Trinajstić information content (AvgIpc) is 2.68. The summed E-state index contributed by atoms with van der Waals surface area (Å²) in [4.78, 5) is 15.5. The van der Waals surface area contributed by atoms with E-state index in [1.807, 2.05) is 48.5 Å². The molecule has 0 radical (unpaired) electrons. The Bertz CT molecular complexity index is 665. The van der Waals surface area contributed by atoms with E-state index in [9.17, 15) is 4.79 Å². The zero-order chi connectivity index (χ0) is 17.0. The number of ketones is 1. The number of morpholine rings is 1. The second-order valence-corrected chi connectivity index (χ2v) is 6.56. The zero-order valence-electron chi connectivity index (χ0n) is 14.4. The van der Waals surface area contributed by atoms with Crippen LogP contribution in [0.3, 0.4) is 0 Å². The van der Waals surface area contributed by atoms with Crippen LogP contribution in [0.15, 0.2) is 60.7 Å². The Morgan fingerprint density at radius 3 is 2.12 bits per heavy atom. The first-order valence-corrected chi connectivity index (χ1v) is 8.61. The van der Waals surface area contributed by atoms with Gasteiger partial charge in [0, 0.05) is 24.6 Å². The van der Waals surface area contributed by atoms with E-state index in [1.54, 1.807) is 0 Å². The van der Waals surface area contributed by atoms with Gasteiger partial charge in [-0.3, -0.25) is 9.69 Å². The SMILES string of the molecule is C[C@@H](C(=O)c1ccccc1)[C@@](C)(c1ccccc1)N1CCOCC1. The highest BCUT2D eigenvalue weighted by Crippen LogP contribution is 2.38.